The summed E-state index contributed by atoms with van der Waals surface area (Å²) in [4.78, 5) is 9.48. The Morgan fingerprint density at radius 3 is 2.16 bits per heavy atom. The molecular weight excluding hydrogens is 544 g/mol. The number of hydrogen-bond acceptors (Lipinski definition) is 4. The van der Waals surface area contributed by atoms with E-state index in [1.807, 2.05) is 19.1 Å². The van der Waals surface area contributed by atoms with Crippen LogP contribution in [0.2, 0.25) is 0 Å². The van der Waals surface area contributed by atoms with Crippen molar-refractivity contribution in [2.24, 2.45) is 4.99 Å². The minimum absolute atomic E-state index is 0. The first-order chi connectivity index (χ1) is 14.8. The van der Waals surface area contributed by atoms with E-state index in [1.54, 1.807) is 24.3 Å². The lowest BCUT2D eigenvalue weighted by molar-refractivity contribution is 0.372. The highest BCUT2D eigenvalue weighted by molar-refractivity contribution is 14.0. The van der Waals surface area contributed by atoms with Crippen LogP contribution in [0.3, 0.4) is 0 Å². The molecule has 0 atom stereocenters. The maximum absolute atomic E-state index is 13.2. The Morgan fingerprint density at radius 2 is 1.62 bits per heavy atom. The van der Waals surface area contributed by atoms with Gasteiger partial charge in [-0.25, -0.2) is 22.1 Å². The number of nitrogens with zero attached hydrogens (tertiary/aromatic N) is 4. The SMILES string of the molecule is CCNC(=NCc1ccc(S(=O)(=O)N(C)C)cc1)N1CCN(c2ccc(F)cc2)CC1.I. The molecule has 32 heavy (non-hydrogen) atoms. The normalized spacial score (nSPS) is 15.0. The van der Waals surface area contributed by atoms with E-state index < -0.39 is 10.0 Å². The van der Waals surface area contributed by atoms with Gasteiger partial charge in [0.1, 0.15) is 5.82 Å². The zero-order valence-corrected chi connectivity index (χ0v) is 21.8. The number of hydrogen-bond donors (Lipinski definition) is 1. The fourth-order valence-electron chi connectivity index (χ4n) is 3.40. The maximum atomic E-state index is 13.2. The number of halogens is 2. The predicted molar refractivity (Wildman–Crippen MR) is 138 cm³/mol. The molecule has 0 unspecified atom stereocenters. The van der Waals surface area contributed by atoms with E-state index in [-0.39, 0.29) is 34.7 Å². The zero-order chi connectivity index (χ0) is 22.4. The number of benzene rings is 2. The first kappa shape index (κ1) is 26.3. The van der Waals surface area contributed by atoms with Gasteiger partial charge in [0.25, 0.3) is 0 Å². The Bertz CT molecular complexity index is 990. The fourth-order valence-corrected chi connectivity index (χ4v) is 4.30. The highest BCUT2D eigenvalue weighted by Gasteiger charge is 2.20. The summed E-state index contributed by atoms with van der Waals surface area (Å²) in [7, 11) is -0.390. The largest absolute Gasteiger partial charge is 0.368 e. The van der Waals surface area contributed by atoms with E-state index in [4.69, 9.17) is 4.99 Å². The molecule has 176 valence electrons. The van der Waals surface area contributed by atoms with Crippen molar-refractivity contribution >= 4 is 45.6 Å². The number of sulfonamides is 1. The van der Waals surface area contributed by atoms with Crippen molar-refractivity contribution in [1.29, 1.82) is 0 Å². The molecule has 0 amide bonds. The average molecular weight is 575 g/mol. The lowest BCUT2D eigenvalue weighted by Crippen LogP contribution is -2.52. The molecule has 1 aliphatic rings. The molecule has 7 nitrogen and oxygen atoms in total. The van der Waals surface area contributed by atoms with Crippen LogP contribution in [0.15, 0.2) is 58.4 Å². The van der Waals surface area contributed by atoms with Crippen LogP contribution >= 0.6 is 24.0 Å². The highest BCUT2D eigenvalue weighted by Crippen LogP contribution is 2.18. The Labute approximate surface area is 207 Å². The Kier molecular flexibility index (Phi) is 9.71. The van der Waals surface area contributed by atoms with E-state index in [0.29, 0.717) is 6.54 Å². The summed E-state index contributed by atoms with van der Waals surface area (Å²) in [5.41, 5.74) is 1.97. The third-order valence-corrected chi connectivity index (χ3v) is 7.05. The van der Waals surface area contributed by atoms with Crippen LogP contribution in [0.5, 0.6) is 0 Å². The van der Waals surface area contributed by atoms with Gasteiger partial charge in [0, 0.05) is 52.5 Å². The molecule has 1 aliphatic heterocycles. The van der Waals surface area contributed by atoms with Crippen molar-refractivity contribution in [3.8, 4) is 0 Å². The topological polar surface area (TPSA) is 68.2 Å². The van der Waals surface area contributed by atoms with E-state index in [2.05, 4.69) is 15.1 Å². The van der Waals surface area contributed by atoms with Crippen LogP contribution in [0.1, 0.15) is 12.5 Å². The molecule has 0 aromatic heterocycles. The van der Waals surface area contributed by atoms with Gasteiger partial charge in [0.15, 0.2) is 5.96 Å². The van der Waals surface area contributed by atoms with Gasteiger partial charge in [-0.15, -0.1) is 24.0 Å². The van der Waals surface area contributed by atoms with E-state index >= 15 is 0 Å². The smallest absolute Gasteiger partial charge is 0.242 e. The summed E-state index contributed by atoms with van der Waals surface area (Å²) in [5.74, 6) is 0.613. The van der Waals surface area contributed by atoms with Gasteiger partial charge < -0.3 is 15.1 Å². The second kappa shape index (κ2) is 11.8. The summed E-state index contributed by atoms with van der Waals surface area (Å²) in [6.07, 6.45) is 0. The first-order valence-corrected chi connectivity index (χ1v) is 11.8. The zero-order valence-electron chi connectivity index (χ0n) is 18.7. The van der Waals surface area contributed by atoms with Crippen LogP contribution in [0.25, 0.3) is 0 Å². The molecule has 3 rings (SSSR count). The second-order valence-corrected chi connectivity index (χ2v) is 9.70. The summed E-state index contributed by atoms with van der Waals surface area (Å²) >= 11 is 0. The minimum atomic E-state index is -3.43. The molecule has 1 saturated heterocycles. The second-order valence-electron chi connectivity index (χ2n) is 7.55. The van der Waals surface area contributed by atoms with Gasteiger partial charge in [0.2, 0.25) is 10.0 Å². The minimum Gasteiger partial charge on any atom is -0.368 e. The number of anilines is 1. The van der Waals surface area contributed by atoms with Gasteiger partial charge in [-0.05, 0) is 48.9 Å². The van der Waals surface area contributed by atoms with Gasteiger partial charge in [-0.1, -0.05) is 12.1 Å². The van der Waals surface area contributed by atoms with E-state index in [0.717, 1.165) is 49.9 Å². The molecule has 2 aromatic carbocycles. The van der Waals surface area contributed by atoms with Crippen molar-refractivity contribution in [3.05, 3.63) is 59.9 Å². The summed E-state index contributed by atoms with van der Waals surface area (Å²) in [6, 6.07) is 13.4. The Morgan fingerprint density at radius 1 is 1.03 bits per heavy atom. The van der Waals surface area contributed by atoms with Gasteiger partial charge in [-0.3, -0.25) is 0 Å². The number of nitrogens with one attached hydrogen (secondary N) is 1. The molecule has 0 aliphatic carbocycles. The summed E-state index contributed by atoms with van der Waals surface area (Å²) in [6.45, 7) is 6.53. The average Bonchev–Trinajstić information content (AvgIpc) is 2.77. The summed E-state index contributed by atoms with van der Waals surface area (Å²) in [5, 5.41) is 3.34. The van der Waals surface area contributed by atoms with Crippen LogP contribution in [-0.4, -0.2) is 70.4 Å². The molecule has 1 fully saturated rings. The monoisotopic (exact) mass is 575 g/mol. The van der Waals surface area contributed by atoms with Crippen LogP contribution in [0.4, 0.5) is 10.1 Å². The molecule has 2 aromatic rings. The van der Waals surface area contributed by atoms with Gasteiger partial charge in [0.05, 0.1) is 11.4 Å². The quantitative estimate of drug-likeness (QED) is 0.326. The molecule has 0 radical (unpaired) electrons. The van der Waals surface area contributed by atoms with E-state index in [1.165, 1.54) is 30.5 Å². The van der Waals surface area contributed by atoms with Crippen molar-refractivity contribution in [2.75, 3.05) is 51.7 Å². The lowest BCUT2D eigenvalue weighted by atomic mass is 10.2. The fraction of sp³-hybridized carbons (Fsp3) is 0.409. The van der Waals surface area contributed by atoms with Crippen LogP contribution in [-0.2, 0) is 16.6 Å². The highest BCUT2D eigenvalue weighted by atomic mass is 127. The van der Waals surface area contributed by atoms with Crippen LogP contribution < -0.4 is 10.2 Å². The third-order valence-electron chi connectivity index (χ3n) is 5.22. The standard InChI is InChI=1S/C22H30FN5O2S.HI/c1-4-24-22(25-17-18-5-11-21(12-6-18)31(29,30)26(2)3)28-15-13-27(14-16-28)20-9-7-19(23)8-10-20;/h5-12H,4,13-17H2,1-3H3,(H,24,25);1H. The molecule has 1 heterocycles. The van der Waals surface area contributed by atoms with Crippen molar-refractivity contribution in [1.82, 2.24) is 14.5 Å². The van der Waals surface area contributed by atoms with Gasteiger partial charge in [-0.2, -0.15) is 0 Å². The van der Waals surface area contributed by atoms with Crippen molar-refractivity contribution in [3.63, 3.8) is 0 Å². The molecule has 0 saturated carbocycles. The van der Waals surface area contributed by atoms with Gasteiger partial charge >= 0.3 is 0 Å². The number of aliphatic imine (C=N–C) groups is 1. The maximum Gasteiger partial charge on any atom is 0.242 e. The molecular formula is C22H31FIN5O2S. The molecule has 0 bridgehead atoms. The number of rotatable bonds is 6. The number of guanidine groups is 1. The van der Waals surface area contributed by atoms with Crippen LogP contribution in [0, 0.1) is 5.82 Å². The van der Waals surface area contributed by atoms with E-state index in [9.17, 15) is 12.8 Å². The Hall–Kier alpha value is -1.92. The van der Waals surface area contributed by atoms with Crippen molar-refractivity contribution in [2.45, 2.75) is 18.4 Å². The third kappa shape index (κ3) is 6.55. The van der Waals surface area contributed by atoms with Crippen molar-refractivity contribution < 1.29 is 12.8 Å². The lowest BCUT2D eigenvalue weighted by Gasteiger charge is -2.37. The molecule has 10 heteroatoms. The Balaban J connectivity index is 0.00000363. The molecule has 1 N–H and O–H groups in total. The summed E-state index contributed by atoms with van der Waals surface area (Å²) < 4.78 is 38.8. The first-order valence-electron chi connectivity index (χ1n) is 10.4. The molecule has 0 spiro atoms. The number of piperazine rings is 1. The predicted octanol–water partition coefficient (Wildman–Crippen LogP) is 2.98.